The molecular weight excluding hydrogens is 372 g/mol. The highest BCUT2D eigenvalue weighted by Crippen LogP contribution is 2.28. The summed E-state index contributed by atoms with van der Waals surface area (Å²) in [6.07, 6.45) is 2.13. The van der Waals surface area contributed by atoms with Crippen molar-refractivity contribution in [1.29, 1.82) is 0 Å². The number of aryl methyl sites for hydroxylation is 1. The van der Waals surface area contributed by atoms with E-state index in [1.54, 1.807) is 16.4 Å². The van der Waals surface area contributed by atoms with E-state index in [9.17, 15) is 0 Å². The summed E-state index contributed by atoms with van der Waals surface area (Å²) in [5.74, 6) is 7.78. The fraction of sp³-hybridized carbons (Fsp3) is 0.176. The van der Waals surface area contributed by atoms with Crippen molar-refractivity contribution in [3.05, 3.63) is 64.6 Å². The zero-order valence-electron chi connectivity index (χ0n) is 12.5. The number of aromatic nitrogens is 3. The summed E-state index contributed by atoms with van der Waals surface area (Å²) < 4.78 is 2.52. The maximum atomic E-state index is 6.15. The molecule has 0 atom stereocenters. The van der Waals surface area contributed by atoms with Gasteiger partial charge in [-0.1, -0.05) is 70.2 Å². The second-order valence-electron chi connectivity index (χ2n) is 5.09. The Bertz CT molecular complexity index is 773. The lowest BCUT2D eigenvalue weighted by molar-refractivity contribution is 0.844. The van der Waals surface area contributed by atoms with Crippen LogP contribution in [0.2, 0.25) is 0 Å². The van der Waals surface area contributed by atoms with Gasteiger partial charge in [-0.15, -0.1) is 10.2 Å². The van der Waals surface area contributed by atoms with Crippen molar-refractivity contribution in [2.45, 2.75) is 18.0 Å². The third-order valence-electron chi connectivity index (χ3n) is 3.46. The van der Waals surface area contributed by atoms with E-state index in [0.29, 0.717) is 5.82 Å². The monoisotopic (exact) mass is 388 g/mol. The number of thioether (sulfide) groups is 1. The molecule has 1 heterocycles. The zero-order chi connectivity index (χ0) is 16.1. The molecule has 0 amide bonds. The summed E-state index contributed by atoms with van der Waals surface area (Å²) in [5.41, 5.74) is 2.30. The number of benzene rings is 2. The Kier molecular flexibility index (Phi) is 5.35. The van der Waals surface area contributed by atoms with Crippen molar-refractivity contribution in [1.82, 2.24) is 14.9 Å². The predicted octanol–water partition coefficient (Wildman–Crippen LogP) is 4.15. The minimum absolute atomic E-state index is 0.669. The van der Waals surface area contributed by atoms with Crippen molar-refractivity contribution in [3.8, 4) is 11.4 Å². The van der Waals surface area contributed by atoms with E-state index in [1.165, 1.54) is 5.56 Å². The van der Waals surface area contributed by atoms with Gasteiger partial charge in [0, 0.05) is 15.8 Å². The van der Waals surface area contributed by atoms with Gasteiger partial charge in [0.2, 0.25) is 5.16 Å². The average molecular weight is 389 g/mol. The lowest BCUT2D eigenvalue weighted by atomic mass is 10.1. The Labute approximate surface area is 148 Å². The summed E-state index contributed by atoms with van der Waals surface area (Å²) in [5, 5.41) is 9.17. The van der Waals surface area contributed by atoms with Crippen LogP contribution in [0, 0.1) is 0 Å². The molecule has 0 fully saturated rings. The number of nitrogen functional groups attached to an aromatic ring is 1. The van der Waals surface area contributed by atoms with Crippen molar-refractivity contribution < 1.29 is 0 Å². The van der Waals surface area contributed by atoms with Gasteiger partial charge in [0.05, 0.1) is 0 Å². The molecule has 0 aliphatic heterocycles. The van der Waals surface area contributed by atoms with E-state index in [4.69, 9.17) is 5.84 Å². The largest absolute Gasteiger partial charge is 0.335 e. The van der Waals surface area contributed by atoms with E-state index in [0.717, 1.165) is 33.8 Å². The number of nitrogens with zero attached hydrogens (tertiary/aromatic N) is 3. The number of hydrogen-bond donors (Lipinski definition) is 1. The van der Waals surface area contributed by atoms with Gasteiger partial charge in [-0.25, -0.2) is 4.68 Å². The summed E-state index contributed by atoms with van der Waals surface area (Å²) in [6, 6.07) is 18.4. The van der Waals surface area contributed by atoms with Crippen molar-refractivity contribution in [2.75, 3.05) is 11.6 Å². The fourth-order valence-electron chi connectivity index (χ4n) is 2.29. The normalized spacial score (nSPS) is 10.8. The van der Waals surface area contributed by atoms with Crippen molar-refractivity contribution in [3.63, 3.8) is 0 Å². The molecule has 2 N–H and O–H groups in total. The Morgan fingerprint density at radius 1 is 1.00 bits per heavy atom. The number of rotatable bonds is 6. The number of hydrogen-bond acceptors (Lipinski definition) is 4. The lowest BCUT2D eigenvalue weighted by Crippen LogP contribution is -2.11. The van der Waals surface area contributed by atoms with E-state index in [2.05, 4.69) is 50.4 Å². The van der Waals surface area contributed by atoms with E-state index in [1.807, 2.05) is 30.3 Å². The number of halogens is 1. The van der Waals surface area contributed by atoms with Crippen LogP contribution in [0.4, 0.5) is 0 Å². The summed E-state index contributed by atoms with van der Waals surface area (Å²) >= 11 is 5.16. The molecule has 3 aromatic rings. The molecule has 0 aliphatic rings. The first-order valence-corrected chi connectivity index (χ1v) is 9.15. The van der Waals surface area contributed by atoms with E-state index in [-0.39, 0.29) is 0 Å². The Morgan fingerprint density at radius 2 is 1.74 bits per heavy atom. The zero-order valence-corrected chi connectivity index (χ0v) is 14.9. The maximum absolute atomic E-state index is 6.15. The topological polar surface area (TPSA) is 56.7 Å². The minimum atomic E-state index is 0.669. The molecule has 1 aromatic heterocycles. The highest BCUT2D eigenvalue weighted by Gasteiger charge is 2.13. The SMILES string of the molecule is Nn1c(SCCCc2ccccc2)nnc1-c1ccccc1Br. The molecule has 0 saturated carbocycles. The molecule has 2 aromatic carbocycles. The van der Waals surface area contributed by atoms with Crippen LogP contribution in [0.15, 0.2) is 64.2 Å². The minimum Gasteiger partial charge on any atom is -0.335 e. The lowest BCUT2D eigenvalue weighted by Gasteiger charge is -2.05. The second-order valence-corrected chi connectivity index (χ2v) is 7.01. The molecule has 23 heavy (non-hydrogen) atoms. The van der Waals surface area contributed by atoms with Gasteiger partial charge >= 0.3 is 0 Å². The Morgan fingerprint density at radius 3 is 2.52 bits per heavy atom. The Hall–Kier alpha value is -1.79. The summed E-state index contributed by atoms with van der Waals surface area (Å²) in [6.45, 7) is 0. The van der Waals surface area contributed by atoms with Crippen LogP contribution < -0.4 is 5.84 Å². The first-order chi connectivity index (χ1) is 11.3. The molecule has 4 nitrogen and oxygen atoms in total. The smallest absolute Gasteiger partial charge is 0.210 e. The quantitative estimate of drug-likeness (QED) is 0.391. The Balaban J connectivity index is 1.61. The molecule has 6 heteroatoms. The predicted molar refractivity (Wildman–Crippen MR) is 98.8 cm³/mol. The van der Waals surface area contributed by atoms with Gasteiger partial charge in [0.1, 0.15) is 0 Å². The third kappa shape index (κ3) is 3.95. The van der Waals surface area contributed by atoms with Gasteiger partial charge in [0.15, 0.2) is 5.82 Å². The number of nitrogens with two attached hydrogens (primary N) is 1. The van der Waals surface area contributed by atoms with Crippen LogP contribution in [0.25, 0.3) is 11.4 Å². The van der Waals surface area contributed by atoms with Gasteiger partial charge in [0.25, 0.3) is 0 Å². The summed E-state index contributed by atoms with van der Waals surface area (Å²) in [7, 11) is 0. The van der Waals surface area contributed by atoms with Gasteiger partial charge in [-0.3, -0.25) is 0 Å². The second kappa shape index (κ2) is 7.66. The molecule has 118 valence electrons. The third-order valence-corrected chi connectivity index (χ3v) is 5.18. The van der Waals surface area contributed by atoms with Crippen LogP contribution in [0.1, 0.15) is 12.0 Å². The van der Waals surface area contributed by atoms with Crippen LogP contribution in [-0.2, 0) is 6.42 Å². The molecule has 0 radical (unpaired) electrons. The van der Waals surface area contributed by atoms with Crippen LogP contribution in [0.3, 0.4) is 0 Å². The molecule has 0 spiro atoms. The first-order valence-electron chi connectivity index (χ1n) is 7.38. The van der Waals surface area contributed by atoms with Crippen molar-refractivity contribution in [2.24, 2.45) is 0 Å². The fourth-order valence-corrected chi connectivity index (χ4v) is 3.54. The van der Waals surface area contributed by atoms with Gasteiger partial charge in [-0.2, -0.15) is 0 Å². The highest BCUT2D eigenvalue weighted by atomic mass is 79.9. The van der Waals surface area contributed by atoms with Gasteiger partial charge in [-0.05, 0) is 30.5 Å². The first kappa shape index (κ1) is 16.1. The van der Waals surface area contributed by atoms with E-state index < -0.39 is 0 Å². The molecule has 0 unspecified atom stereocenters. The maximum Gasteiger partial charge on any atom is 0.210 e. The molecule has 3 rings (SSSR count). The standard InChI is InChI=1S/C17H17BrN4S/c18-15-11-5-4-10-14(15)16-20-21-17(22(16)19)23-12-6-9-13-7-2-1-3-8-13/h1-5,7-8,10-11H,6,9,12,19H2. The highest BCUT2D eigenvalue weighted by molar-refractivity contribution is 9.10. The van der Waals surface area contributed by atoms with Crippen molar-refractivity contribution >= 4 is 27.7 Å². The summed E-state index contributed by atoms with van der Waals surface area (Å²) in [4.78, 5) is 0. The van der Waals surface area contributed by atoms with Crippen LogP contribution >= 0.6 is 27.7 Å². The molecule has 0 bridgehead atoms. The van der Waals surface area contributed by atoms with Crippen LogP contribution in [0.5, 0.6) is 0 Å². The van der Waals surface area contributed by atoms with E-state index >= 15 is 0 Å². The molecule has 0 saturated heterocycles. The van der Waals surface area contributed by atoms with Crippen LogP contribution in [-0.4, -0.2) is 20.6 Å². The van der Waals surface area contributed by atoms with Gasteiger partial charge < -0.3 is 5.84 Å². The molecule has 0 aliphatic carbocycles. The average Bonchev–Trinajstić information content (AvgIpc) is 2.94. The molecular formula is C17H17BrN4S.